The van der Waals surface area contributed by atoms with Crippen LogP contribution >= 0.6 is 20.0 Å². The van der Waals surface area contributed by atoms with Crippen molar-refractivity contribution >= 4 is 31.1 Å². The maximum atomic E-state index is 8.88. The van der Waals surface area contributed by atoms with Crippen molar-refractivity contribution in [3.63, 3.8) is 0 Å². The molecule has 1 aromatic carbocycles. The van der Waals surface area contributed by atoms with E-state index in [1.165, 1.54) is 0 Å². The van der Waals surface area contributed by atoms with Crippen LogP contribution in [0.5, 0.6) is 0 Å². The molecule has 82 valence electrons. The number of H-pyrrole nitrogens is 1. The molecule has 4 N–H and O–H groups in total. The van der Waals surface area contributed by atoms with E-state index in [9.17, 15) is 0 Å². The highest BCUT2D eigenvalue weighted by Crippen LogP contribution is 2.25. The molecule has 0 amide bonds. The average Bonchev–Trinajstić information content (AvgIpc) is 2.40. The Balaban J connectivity index is 0.000000195. The van der Waals surface area contributed by atoms with Crippen LogP contribution in [0.4, 0.5) is 0 Å². The van der Waals surface area contributed by atoms with Crippen LogP contribution < -0.4 is 0 Å². The van der Waals surface area contributed by atoms with Gasteiger partial charge < -0.3 is 24.1 Å². The van der Waals surface area contributed by atoms with Gasteiger partial charge in [0.15, 0.2) is 5.58 Å². The summed E-state index contributed by atoms with van der Waals surface area (Å²) in [6.45, 7) is 0. The third-order valence-electron chi connectivity index (χ3n) is 1.33. The third-order valence-corrected chi connectivity index (χ3v) is 1.51. The summed E-state index contributed by atoms with van der Waals surface area (Å²) in [6.07, 6.45) is 0. The molecule has 0 spiro atoms. The topological polar surface area (TPSA) is 107 Å². The van der Waals surface area contributed by atoms with Gasteiger partial charge in [0, 0.05) is 0 Å². The van der Waals surface area contributed by atoms with Crippen molar-refractivity contribution in [2.45, 2.75) is 0 Å². The number of benzene rings is 1. The molecule has 2 rings (SSSR count). The van der Waals surface area contributed by atoms with Gasteiger partial charge in [-0.05, 0) is 24.4 Å². The van der Waals surface area contributed by atoms with E-state index >= 15 is 0 Å². The fourth-order valence-electron chi connectivity index (χ4n) is 0.894. The summed E-state index contributed by atoms with van der Waals surface area (Å²) in [5, 5.41) is 0. The fraction of sp³-hybridized carbons (Fsp3) is 0. The predicted octanol–water partition coefficient (Wildman–Crippen LogP) is 1.56. The van der Waals surface area contributed by atoms with Gasteiger partial charge in [-0.1, -0.05) is 12.1 Å². The molecular formula is C7H8NO5PS. The van der Waals surface area contributed by atoms with Crippen molar-refractivity contribution in [2.24, 2.45) is 0 Å². The number of nitrogens with one attached hydrogen (secondary N) is 1. The molecule has 1 aromatic heterocycles. The molecule has 0 saturated carbocycles. The highest BCUT2D eigenvalue weighted by atomic mass is 32.1. The lowest BCUT2D eigenvalue weighted by Crippen LogP contribution is -1.66. The summed E-state index contributed by atoms with van der Waals surface area (Å²) >= 11 is 4.79. The Morgan fingerprint density at radius 3 is 2.33 bits per heavy atom. The van der Waals surface area contributed by atoms with E-state index in [0.717, 1.165) is 11.1 Å². The van der Waals surface area contributed by atoms with E-state index in [1.54, 1.807) is 0 Å². The highest BCUT2D eigenvalue weighted by Gasteiger charge is 2.00. The SMILES string of the molecule is O=P(O)(O)O.S=c1[nH]c2ccccc2o1. The minimum absolute atomic E-state index is 0.432. The van der Waals surface area contributed by atoms with E-state index in [0.29, 0.717) is 4.84 Å². The molecule has 0 unspecified atom stereocenters. The molecule has 0 aliphatic carbocycles. The van der Waals surface area contributed by atoms with Crippen LogP contribution in [0.2, 0.25) is 0 Å². The van der Waals surface area contributed by atoms with Crippen LogP contribution in [0.25, 0.3) is 11.1 Å². The second-order valence-corrected chi connectivity index (χ2v) is 3.92. The van der Waals surface area contributed by atoms with Crippen LogP contribution in [0.3, 0.4) is 0 Å². The second-order valence-electron chi connectivity index (χ2n) is 2.52. The van der Waals surface area contributed by atoms with Gasteiger partial charge in [0.2, 0.25) is 0 Å². The summed E-state index contributed by atoms with van der Waals surface area (Å²) in [6, 6.07) is 7.65. The van der Waals surface area contributed by atoms with E-state index in [1.807, 2.05) is 24.3 Å². The summed E-state index contributed by atoms with van der Waals surface area (Å²) in [5.74, 6) is 0. The van der Waals surface area contributed by atoms with Gasteiger partial charge in [-0.15, -0.1) is 0 Å². The molecule has 0 atom stereocenters. The molecule has 1 heterocycles. The van der Waals surface area contributed by atoms with Gasteiger partial charge >= 0.3 is 7.82 Å². The number of aromatic amines is 1. The lowest BCUT2D eigenvalue weighted by molar-refractivity contribution is 0.275. The number of para-hydroxylation sites is 2. The van der Waals surface area contributed by atoms with Crippen molar-refractivity contribution in [1.82, 2.24) is 4.98 Å². The monoisotopic (exact) mass is 249 g/mol. The van der Waals surface area contributed by atoms with Gasteiger partial charge in [0.1, 0.15) is 0 Å². The van der Waals surface area contributed by atoms with Crippen molar-refractivity contribution in [1.29, 1.82) is 0 Å². The summed E-state index contributed by atoms with van der Waals surface area (Å²) in [4.78, 5) is 24.9. The Morgan fingerprint density at radius 2 is 1.80 bits per heavy atom. The fourth-order valence-corrected chi connectivity index (χ4v) is 1.09. The molecule has 0 bridgehead atoms. The quantitative estimate of drug-likeness (QED) is 0.417. The van der Waals surface area contributed by atoms with E-state index < -0.39 is 7.82 Å². The Bertz CT molecular complexity index is 497. The Kier molecular flexibility index (Phi) is 3.78. The normalized spacial score (nSPS) is 10.9. The molecule has 8 heteroatoms. The van der Waals surface area contributed by atoms with E-state index in [-0.39, 0.29) is 0 Å². The first-order valence-electron chi connectivity index (χ1n) is 3.72. The first-order valence-corrected chi connectivity index (χ1v) is 5.70. The Labute approximate surface area is 89.4 Å². The number of oxazole rings is 1. The van der Waals surface area contributed by atoms with Gasteiger partial charge in [0.25, 0.3) is 4.84 Å². The maximum absolute atomic E-state index is 8.88. The van der Waals surface area contributed by atoms with E-state index in [4.69, 9.17) is 35.9 Å². The maximum Gasteiger partial charge on any atom is 0.466 e. The molecule has 0 saturated heterocycles. The van der Waals surface area contributed by atoms with Gasteiger partial charge in [-0.2, -0.15) is 0 Å². The smallest absolute Gasteiger partial charge is 0.429 e. The van der Waals surface area contributed by atoms with Crippen LogP contribution in [-0.4, -0.2) is 19.7 Å². The minimum Gasteiger partial charge on any atom is -0.429 e. The van der Waals surface area contributed by atoms with Crippen LogP contribution in [0.1, 0.15) is 0 Å². The third kappa shape index (κ3) is 4.87. The van der Waals surface area contributed by atoms with Crippen molar-refractivity contribution in [3.8, 4) is 0 Å². The molecule has 0 radical (unpaired) electrons. The molecular weight excluding hydrogens is 241 g/mol. The number of hydrogen-bond donors (Lipinski definition) is 4. The number of rotatable bonds is 0. The van der Waals surface area contributed by atoms with Crippen molar-refractivity contribution < 1.29 is 23.7 Å². The van der Waals surface area contributed by atoms with Crippen LogP contribution in [0, 0.1) is 4.84 Å². The molecule has 15 heavy (non-hydrogen) atoms. The zero-order valence-electron chi connectivity index (χ0n) is 7.32. The average molecular weight is 249 g/mol. The van der Waals surface area contributed by atoms with Crippen LogP contribution in [0.15, 0.2) is 28.7 Å². The summed E-state index contributed by atoms with van der Waals surface area (Å²) in [7, 11) is -4.64. The number of phosphoric acid groups is 1. The van der Waals surface area contributed by atoms with Gasteiger partial charge in [-0.25, -0.2) is 4.57 Å². The zero-order valence-corrected chi connectivity index (χ0v) is 9.03. The Hall–Kier alpha value is -0.980. The number of hydrogen-bond acceptors (Lipinski definition) is 3. The molecule has 0 aliphatic heterocycles. The summed E-state index contributed by atoms with van der Waals surface area (Å²) in [5.41, 5.74) is 1.76. The van der Waals surface area contributed by atoms with E-state index in [2.05, 4.69) is 4.98 Å². The minimum atomic E-state index is -4.64. The van der Waals surface area contributed by atoms with Crippen molar-refractivity contribution in [3.05, 3.63) is 29.1 Å². The molecule has 0 fully saturated rings. The largest absolute Gasteiger partial charge is 0.466 e. The Morgan fingerprint density at radius 1 is 1.27 bits per heavy atom. The number of fused-ring (bicyclic) bond motifs is 1. The highest BCUT2D eigenvalue weighted by molar-refractivity contribution is 7.71. The first-order chi connectivity index (χ1) is 6.86. The number of aromatic nitrogens is 1. The van der Waals surface area contributed by atoms with Crippen LogP contribution in [-0.2, 0) is 4.57 Å². The summed E-state index contributed by atoms with van der Waals surface area (Å²) < 4.78 is 14.0. The van der Waals surface area contributed by atoms with Gasteiger partial charge in [-0.3, -0.25) is 0 Å². The lowest BCUT2D eigenvalue weighted by Gasteiger charge is -1.82. The first kappa shape index (κ1) is 12.1. The molecule has 6 nitrogen and oxygen atoms in total. The van der Waals surface area contributed by atoms with Gasteiger partial charge in [0.05, 0.1) is 5.52 Å². The predicted molar refractivity (Wildman–Crippen MR) is 55.7 cm³/mol. The standard InChI is InChI=1S/C7H5NOS.H3O4P/c10-7-8-5-3-1-2-4-6(5)9-7;1-5(2,3)4/h1-4H,(H,8,10);(H3,1,2,3,4). The lowest BCUT2D eigenvalue weighted by atomic mass is 10.3. The second kappa shape index (κ2) is 4.69. The zero-order chi connectivity index (χ0) is 11.5. The molecule has 2 aromatic rings. The molecule has 0 aliphatic rings. The van der Waals surface area contributed by atoms with Crippen molar-refractivity contribution in [2.75, 3.05) is 0 Å².